The lowest BCUT2D eigenvalue weighted by Crippen LogP contribution is -2.44. The van der Waals surface area contributed by atoms with Crippen molar-refractivity contribution in [1.82, 2.24) is 9.62 Å². The highest BCUT2D eigenvalue weighted by Crippen LogP contribution is 2.17. The van der Waals surface area contributed by atoms with Crippen molar-refractivity contribution in [3.8, 4) is 0 Å². The molecule has 0 saturated carbocycles. The van der Waals surface area contributed by atoms with Crippen LogP contribution in [0.2, 0.25) is 0 Å². The van der Waals surface area contributed by atoms with Gasteiger partial charge in [0.05, 0.1) is 18.8 Å². The second kappa shape index (κ2) is 7.95. The maximum absolute atomic E-state index is 12.3. The van der Waals surface area contributed by atoms with E-state index in [1.54, 1.807) is 24.3 Å². The molecule has 0 aliphatic rings. The van der Waals surface area contributed by atoms with Crippen molar-refractivity contribution >= 4 is 21.6 Å². The first-order chi connectivity index (χ1) is 10.9. The predicted octanol–water partition coefficient (Wildman–Crippen LogP) is 1.56. The van der Waals surface area contributed by atoms with Crippen LogP contribution in [0.15, 0.2) is 24.3 Å². The van der Waals surface area contributed by atoms with Crippen LogP contribution in [0.1, 0.15) is 12.5 Å². The summed E-state index contributed by atoms with van der Waals surface area (Å²) in [6.07, 6.45) is -3.34. The lowest BCUT2D eigenvalue weighted by Gasteiger charge is -2.24. The molecule has 24 heavy (non-hydrogen) atoms. The van der Waals surface area contributed by atoms with Crippen LogP contribution in [0.5, 0.6) is 0 Å². The van der Waals surface area contributed by atoms with Gasteiger partial charge in [0.25, 0.3) is 0 Å². The van der Waals surface area contributed by atoms with E-state index in [2.05, 4.69) is 10.0 Å². The minimum atomic E-state index is -4.38. The van der Waals surface area contributed by atoms with Crippen LogP contribution in [0.3, 0.4) is 0 Å². The average Bonchev–Trinajstić information content (AvgIpc) is 2.43. The number of benzene rings is 1. The molecular formula is C14H20F3N3O3S. The summed E-state index contributed by atoms with van der Waals surface area (Å²) in [6, 6.07) is 5.36. The molecule has 10 heteroatoms. The molecule has 0 aromatic heterocycles. The minimum Gasteiger partial charge on any atom is -0.325 e. The third kappa shape index (κ3) is 7.75. The Kier molecular flexibility index (Phi) is 6.76. The van der Waals surface area contributed by atoms with Crippen molar-refractivity contribution in [2.45, 2.75) is 25.7 Å². The van der Waals surface area contributed by atoms with E-state index in [1.165, 1.54) is 14.0 Å². The highest BCUT2D eigenvalue weighted by molar-refractivity contribution is 7.88. The lowest BCUT2D eigenvalue weighted by atomic mass is 10.2. The summed E-state index contributed by atoms with van der Waals surface area (Å²) >= 11 is 0. The fourth-order valence-corrected chi connectivity index (χ4v) is 2.22. The molecule has 0 unspecified atom stereocenters. The quantitative estimate of drug-likeness (QED) is 0.767. The normalized spacial score (nSPS) is 13.8. The van der Waals surface area contributed by atoms with Gasteiger partial charge in [0.2, 0.25) is 15.9 Å². The molecule has 0 aliphatic carbocycles. The molecule has 1 amide bonds. The van der Waals surface area contributed by atoms with Crippen molar-refractivity contribution in [1.29, 1.82) is 0 Å². The number of halogens is 3. The molecule has 1 atom stereocenters. The smallest absolute Gasteiger partial charge is 0.325 e. The summed E-state index contributed by atoms with van der Waals surface area (Å²) in [7, 11) is -2.08. The second-order valence-electron chi connectivity index (χ2n) is 5.49. The minimum absolute atomic E-state index is 0.109. The number of anilines is 1. The summed E-state index contributed by atoms with van der Waals surface area (Å²) in [4.78, 5) is 12.9. The van der Waals surface area contributed by atoms with Gasteiger partial charge in [0.15, 0.2) is 0 Å². The van der Waals surface area contributed by atoms with Crippen LogP contribution in [0.25, 0.3) is 0 Å². The van der Waals surface area contributed by atoms with Crippen molar-refractivity contribution in [2.75, 3.05) is 25.2 Å². The van der Waals surface area contributed by atoms with Gasteiger partial charge in [-0.25, -0.2) is 13.1 Å². The maximum atomic E-state index is 12.3. The van der Waals surface area contributed by atoms with Gasteiger partial charge in [0.1, 0.15) is 0 Å². The van der Waals surface area contributed by atoms with Crippen LogP contribution in [0, 0.1) is 0 Å². The molecule has 0 radical (unpaired) electrons. The zero-order valence-corrected chi connectivity index (χ0v) is 14.3. The molecule has 1 aromatic carbocycles. The third-order valence-corrected chi connectivity index (χ3v) is 3.90. The molecule has 6 nitrogen and oxygen atoms in total. The Balaban J connectivity index is 2.61. The summed E-state index contributed by atoms with van der Waals surface area (Å²) in [6.45, 7) is 0.306. The van der Waals surface area contributed by atoms with Gasteiger partial charge in [-0.15, -0.1) is 0 Å². The van der Waals surface area contributed by atoms with Crippen molar-refractivity contribution in [2.24, 2.45) is 0 Å². The van der Waals surface area contributed by atoms with E-state index in [9.17, 15) is 26.4 Å². The van der Waals surface area contributed by atoms with Gasteiger partial charge >= 0.3 is 6.18 Å². The largest absolute Gasteiger partial charge is 0.401 e. The van der Waals surface area contributed by atoms with Crippen molar-refractivity contribution in [3.63, 3.8) is 0 Å². The molecule has 2 N–H and O–H groups in total. The van der Waals surface area contributed by atoms with Crippen molar-refractivity contribution in [3.05, 3.63) is 29.8 Å². The molecule has 136 valence electrons. The molecule has 0 fully saturated rings. The molecule has 0 heterocycles. The number of carbonyl (C=O) groups is 1. The Hall–Kier alpha value is -1.65. The number of likely N-dealkylation sites (N-methyl/N-ethyl adjacent to an activating group) is 1. The first-order valence-electron chi connectivity index (χ1n) is 6.99. The molecule has 0 bridgehead atoms. The third-order valence-electron chi connectivity index (χ3n) is 3.23. The Morgan fingerprint density at radius 1 is 1.25 bits per heavy atom. The fourth-order valence-electron chi connectivity index (χ4n) is 1.79. The number of rotatable bonds is 7. The van der Waals surface area contributed by atoms with E-state index in [1.807, 2.05) is 0 Å². The van der Waals surface area contributed by atoms with Crippen LogP contribution < -0.4 is 10.0 Å². The zero-order chi connectivity index (χ0) is 18.5. The second-order valence-corrected chi connectivity index (χ2v) is 7.32. The van der Waals surface area contributed by atoms with Crippen LogP contribution in [-0.2, 0) is 21.4 Å². The van der Waals surface area contributed by atoms with Gasteiger partial charge in [-0.3, -0.25) is 9.69 Å². The lowest BCUT2D eigenvalue weighted by molar-refractivity contribution is -0.149. The van der Waals surface area contributed by atoms with E-state index >= 15 is 0 Å². The molecule has 0 spiro atoms. The molecule has 1 aromatic rings. The van der Waals surface area contributed by atoms with Gasteiger partial charge in [-0.1, -0.05) is 12.1 Å². The number of amides is 1. The summed E-state index contributed by atoms with van der Waals surface area (Å²) in [5, 5.41) is 2.52. The Bertz CT molecular complexity index is 660. The summed E-state index contributed by atoms with van der Waals surface area (Å²) in [5.74, 6) is -0.566. The van der Waals surface area contributed by atoms with E-state index in [-0.39, 0.29) is 6.54 Å². The zero-order valence-electron chi connectivity index (χ0n) is 13.5. The Labute approximate surface area is 139 Å². The molecule has 0 aliphatic heterocycles. The van der Waals surface area contributed by atoms with Gasteiger partial charge in [0, 0.05) is 12.2 Å². The van der Waals surface area contributed by atoms with Crippen LogP contribution in [0.4, 0.5) is 18.9 Å². The fraction of sp³-hybridized carbons (Fsp3) is 0.500. The number of nitrogens with one attached hydrogen (secondary N) is 2. The standard InChI is InChI=1S/C14H20F3N3O3S/c1-10(20(2)9-14(15,16)17)13(21)19-12-6-4-11(5-7-12)8-18-24(3,22)23/h4-7,10,18H,8-9H2,1-3H3,(H,19,21)/t10-/m0/s1. The maximum Gasteiger partial charge on any atom is 0.401 e. The van der Waals surface area contributed by atoms with E-state index in [4.69, 9.17) is 0 Å². The van der Waals surface area contributed by atoms with Crippen molar-refractivity contribution < 1.29 is 26.4 Å². The first kappa shape index (κ1) is 20.4. The number of carbonyl (C=O) groups excluding carboxylic acids is 1. The SMILES string of the molecule is C[C@@H](C(=O)Nc1ccc(CNS(C)(=O)=O)cc1)N(C)CC(F)(F)F. The highest BCUT2D eigenvalue weighted by Gasteiger charge is 2.32. The highest BCUT2D eigenvalue weighted by atomic mass is 32.2. The average molecular weight is 367 g/mol. The Morgan fingerprint density at radius 3 is 2.25 bits per heavy atom. The van der Waals surface area contributed by atoms with Crippen LogP contribution >= 0.6 is 0 Å². The van der Waals surface area contributed by atoms with Crippen LogP contribution in [-0.4, -0.2) is 51.3 Å². The topological polar surface area (TPSA) is 78.5 Å². The number of hydrogen-bond donors (Lipinski definition) is 2. The van der Waals surface area contributed by atoms with Gasteiger partial charge in [-0.05, 0) is 31.7 Å². The summed E-state index contributed by atoms with van der Waals surface area (Å²) < 4.78 is 61.3. The monoisotopic (exact) mass is 367 g/mol. The number of alkyl halides is 3. The first-order valence-corrected chi connectivity index (χ1v) is 8.88. The molecular weight excluding hydrogens is 347 g/mol. The predicted molar refractivity (Wildman–Crippen MR) is 84.9 cm³/mol. The molecule has 1 rings (SSSR count). The van der Waals surface area contributed by atoms with Gasteiger partial charge in [-0.2, -0.15) is 13.2 Å². The van der Waals surface area contributed by atoms with E-state index in [0.717, 1.165) is 11.2 Å². The number of hydrogen-bond acceptors (Lipinski definition) is 4. The number of nitrogens with zero attached hydrogens (tertiary/aromatic N) is 1. The van der Waals surface area contributed by atoms with E-state index < -0.39 is 34.7 Å². The molecule has 0 saturated heterocycles. The van der Waals surface area contributed by atoms with Gasteiger partial charge < -0.3 is 5.32 Å². The summed E-state index contributed by atoms with van der Waals surface area (Å²) in [5.41, 5.74) is 1.09. The number of sulfonamides is 1. The Morgan fingerprint density at radius 2 is 1.79 bits per heavy atom. The van der Waals surface area contributed by atoms with E-state index in [0.29, 0.717) is 11.3 Å².